The minimum Gasteiger partial charge on any atom is -0.483 e. The molecule has 1 amide bonds. The Morgan fingerprint density at radius 2 is 1.97 bits per heavy atom. The van der Waals surface area contributed by atoms with Crippen molar-refractivity contribution in [3.63, 3.8) is 0 Å². The number of aromatic nitrogens is 1. The molecular weight excluding hydrogens is 483 g/mol. The number of amides is 1. The maximum absolute atomic E-state index is 14.5. The number of piperazine rings is 1. The van der Waals surface area contributed by atoms with Crippen LogP contribution in [0.3, 0.4) is 0 Å². The molecule has 2 heterocycles. The van der Waals surface area contributed by atoms with E-state index in [0.29, 0.717) is 48.6 Å². The molecule has 0 radical (unpaired) electrons. The van der Waals surface area contributed by atoms with Gasteiger partial charge in [0.15, 0.2) is 0 Å². The van der Waals surface area contributed by atoms with Gasteiger partial charge in [-0.2, -0.15) is 0 Å². The number of nitrogens with zero attached hydrogens (tertiary/aromatic N) is 3. The van der Waals surface area contributed by atoms with Gasteiger partial charge in [0.1, 0.15) is 28.3 Å². The molecule has 1 aromatic heterocycles. The quantitative estimate of drug-likeness (QED) is 0.581. The number of pyridine rings is 1. The summed E-state index contributed by atoms with van der Waals surface area (Å²) in [5.41, 5.74) is 1.27. The van der Waals surface area contributed by atoms with Crippen LogP contribution in [0.2, 0.25) is 0 Å². The number of hydrogen-bond acceptors (Lipinski definition) is 6. The zero-order valence-electron chi connectivity index (χ0n) is 21.9. The lowest BCUT2D eigenvalue weighted by molar-refractivity contribution is -0.00301. The van der Waals surface area contributed by atoms with Crippen LogP contribution in [-0.2, 0) is 14.4 Å². The van der Waals surface area contributed by atoms with Crippen LogP contribution in [0.25, 0.3) is 0 Å². The molecule has 1 unspecified atom stereocenters. The predicted octanol–water partition coefficient (Wildman–Crippen LogP) is 3.85. The summed E-state index contributed by atoms with van der Waals surface area (Å²) < 4.78 is 38.4. The van der Waals surface area contributed by atoms with Crippen molar-refractivity contribution in [2.24, 2.45) is 5.14 Å². The number of carbonyl (C=O) groups excluding carboxylic acids is 1. The van der Waals surface area contributed by atoms with Crippen LogP contribution >= 0.6 is 0 Å². The lowest BCUT2D eigenvalue weighted by Gasteiger charge is -2.41. The number of halogens is 1. The lowest BCUT2D eigenvalue weighted by Crippen LogP contribution is -2.55. The van der Waals surface area contributed by atoms with Gasteiger partial charge in [-0.15, -0.1) is 0 Å². The van der Waals surface area contributed by atoms with Gasteiger partial charge in [-0.25, -0.2) is 18.4 Å². The van der Waals surface area contributed by atoms with E-state index in [9.17, 15) is 13.4 Å². The van der Waals surface area contributed by atoms with E-state index < -0.39 is 21.4 Å². The largest absolute Gasteiger partial charge is 0.483 e. The summed E-state index contributed by atoms with van der Waals surface area (Å²) in [6.07, 6.45) is 0.627. The maximum atomic E-state index is 14.5. The fourth-order valence-corrected chi connectivity index (χ4v) is 5.01. The molecule has 1 aromatic carbocycles. The van der Waals surface area contributed by atoms with Crippen LogP contribution < -0.4 is 9.88 Å². The summed E-state index contributed by atoms with van der Waals surface area (Å²) in [6, 6.07) is 6.70. The monoisotopic (exact) mass is 520 g/mol. The first kappa shape index (κ1) is 27.9. The topological polar surface area (TPSA) is 98.0 Å². The zero-order chi connectivity index (χ0) is 26.8. The molecule has 36 heavy (non-hydrogen) atoms. The van der Waals surface area contributed by atoms with Crippen LogP contribution in [0, 0.1) is 19.7 Å². The van der Waals surface area contributed by atoms with Gasteiger partial charge in [0, 0.05) is 32.2 Å². The Morgan fingerprint density at radius 3 is 2.53 bits per heavy atom. The standard InChI is InChI=1S/C26H37FN4O4S/c1-17-8-9-20(13-22(17)27)23(34-21-12-18(2)24(29-14-21)36(7,28)33)16-30-10-11-31(19(3)15-30)25(32)35-26(4,5)6/h8-9,12-14,19,23H,7,10-11,15-16H2,1-6H3,(H2,28,33)/t19-,23-,36?/m1/s1. The van der Waals surface area contributed by atoms with Crippen LogP contribution in [0.15, 0.2) is 35.5 Å². The molecule has 0 saturated carbocycles. The second kappa shape index (κ2) is 10.7. The van der Waals surface area contributed by atoms with Crippen LogP contribution in [0.5, 0.6) is 5.75 Å². The van der Waals surface area contributed by atoms with E-state index >= 15 is 0 Å². The van der Waals surface area contributed by atoms with E-state index in [1.54, 1.807) is 30.9 Å². The highest BCUT2D eigenvalue weighted by Gasteiger charge is 2.32. The van der Waals surface area contributed by atoms with E-state index in [1.165, 1.54) is 12.3 Å². The second-order valence-corrected chi connectivity index (χ2v) is 12.3. The van der Waals surface area contributed by atoms with E-state index in [-0.39, 0.29) is 23.0 Å². The third-order valence-electron chi connectivity index (χ3n) is 5.94. The lowest BCUT2D eigenvalue weighted by atomic mass is 10.0. The van der Waals surface area contributed by atoms with Crippen molar-refractivity contribution < 1.29 is 22.9 Å². The second-order valence-electron chi connectivity index (χ2n) is 10.4. The number of rotatable bonds is 6. The fourth-order valence-electron chi connectivity index (χ4n) is 4.17. The number of hydrogen-bond donors (Lipinski definition) is 1. The Balaban J connectivity index is 1.80. The molecular formula is C26H37FN4O4S. The third-order valence-corrected chi connectivity index (χ3v) is 7.02. The summed E-state index contributed by atoms with van der Waals surface area (Å²) >= 11 is 0. The Morgan fingerprint density at radius 1 is 1.28 bits per heavy atom. The van der Waals surface area contributed by atoms with Crippen molar-refractivity contribution in [1.82, 2.24) is 14.8 Å². The van der Waals surface area contributed by atoms with E-state index in [0.717, 1.165) is 0 Å². The van der Waals surface area contributed by atoms with Crippen molar-refractivity contribution in [3.8, 4) is 5.75 Å². The summed E-state index contributed by atoms with van der Waals surface area (Å²) in [7, 11) is -2.96. The molecule has 198 valence electrons. The smallest absolute Gasteiger partial charge is 0.410 e. The molecule has 2 aromatic rings. The average Bonchev–Trinajstić information content (AvgIpc) is 2.73. The van der Waals surface area contributed by atoms with Gasteiger partial charge >= 0.3 is 6.09 Å². The molecule has 2 N–H and O–H groups in total. The minimum absolute atomic E-state index is 0.0676. The van der Waals surface area contributed by atoms with E-state index in [1.807, 2.05) is 33.8 Å². The highest BCUT2D eigenvalue weighted by Crippen LogP contribution is 2.27. The van der Waals surface area contributed by atoms with Crippen molar-refractivity contribution in [3.05, 3.63) is 53.0 Å². The molecule has 0 spiro atoms. The molecule has 1 fully saturated rings. The minimum atomic E-state index is -2.96. The van der Waals surface area contributed by atoms with Crippen LogP contribution in [0.4, 0.5) is 9.18 Å². The highest BCUT2D eigenvalue weighted by molar-refractivity contribution is 7.98. The first-order valence-corrected chi connectivity index (χ1v) is 13.7. The van der Waals surface area contributed by atoms with E-state index in [2.05, 4.69) is 15.8 Å². The number of benzene rings is 1. The summed E-state index contributed by atoms with van der Waals surface area (Å²) in [5.74, 6) is 3.64. The van der Waals surface area contributed by atoms with Crippen molar-refractivity contribution in [2.75, 3.05) is 26.2 Å². The third kappa shape index (κ3) is 7.18. The molecule has 10 heteroatoms. The zero-order valence-corrected chi connectivity index (χ0v) is 22.7. The molecule has 1 aliphatic rings. The molecule has 8 nitrogen and oxygen atoms in total. The predicted molar refractivity (Wildman–Crippen MR) is 140 cm³/mol. The molecule has 1 saturated heterocycles. The fraction of sp³-hybridized carbons (Fsp3) is 0.500. The van der Waals surface area contributed by atoms with Gasteiger partial charge in [0.25, 0.3) is 0 Å². The summed E-state index contributed by atoms with van der Waals surface area (Å²) in [5, 5.41) is 5.88. The van der Waals surface area contributed by atoms with Crippen molar-refractivity contribution in [1.29, 1.82) is 0 Å². The molecule has 0 bridgehead atoms. The van der Waals surface area contributed by atoms with Crippen molar-refractivity contribution >= 4 is 21.7 Å². The van der Waals surface area contributed by atoms with Gasteiger partial charge in [0.2, 0.25) is 0 Å². The van der Waals surface area contributed by atoms with Gasteiger partial charge in [-0.05, 0) is 76.2 Å². The Kier molecular flexibility index (Phi) is 8.32. The number of nitrogens with two attached hydrogens (primary N) is 1. The molecule has 0 aliphatic carbocycles. The maximum Gasteiger partial charge on any atom is 0.410 e. The molecule has 3 atom stereocenters. The van der Waals surface area contributed by atoms with Crippen LogP contribution in [-0.4, -0.2) is 68.8 Å². The normalized spacial score (nSPS) is 19.4. The number of aryl methyl sites for hydroxylation is 2. The van der Waals surface area contributed by atoms with Gasteiger partial charge in [-0.1, -0.05) is 12.1 Å². The summed E-state index contributed by atoms with van der Waals surface area (Å²) in [6.45, 7) is 13.2. The Hall–Kier alpha value is -2.69. The Labute approximate surface area is 213 Å². The Bertz CT molecular complexity index is 1210. The average molecular weight is 521 g/mol. The van der Waals surface area contributed by atoms with Gasteiger partial charge < -0.3 is 14.4 Å². The van der Waals surface area contributed by atoms with E-state index in [4.69, 9.17) is 14.6 Å². The van der Waals surface area contributed by atoms with Crippen molar-refractivity contribution in [2.45, 2.75) is 64.3 Å². The van der Waals surface area contributed by atoms with Gasteiger partial charge in [0.05, 0.1) is 15.9 Å². The first-order valence-electron chi connectivity index (χ1n) is 11.9. The first-order chi connectivity index (χ1) is 16.6. The SMILES string of the molecule is C=S(N)(=O)c1ncc(O[C@H](CN2CCN(C(=O)OC(C)(C)C)[C@H](C)C2)c2ccc(C)c(F)c2)cc1C. The summed E-state index contributed by atoms with van der Waals surface area (Å²) in [4.78, 5) is 20.7. The van der Waals surface area contributed by atoms with Crippen LogP contribution in [0.1, 0.15) is 50.5 Å². The highest BCUT2D eigenvalue weighted by atomic mass is 32.2. The molecule has 1 aliphatic heterocycles. The number of ether oxygens (including phenoxy) is 2. The number of carbonyl (C=O) groups is 1. The van der Waals surface area contributed by atoms with Gasteiger partial charge in [-0.3, -0.25) is 10.0 Å². The molecule has 3 rings (SSSR count).